The van der Waals surface area contributed by atoms with E-state index in [0.29, 0.717) is 0 Å². The summed E-state index contributed by atoms with van der Waals surface area (Å²) in [6, 6.07) is 0. The molecule has 0 saturated carbocycles. The standard InChI is InChI=1S/C22H44N4/c1-4-21-9-13-26(18-20-7-11-23(2)12-8-20)19-22(21)6-5-10-25-16-14-24(3)15-17-25/h20-22H,4-19H2,1-3H3. The van der Waals surface area contributed by atoms with Crippen molar-refractivity contribution < 1.29 is 0 Å². The van der Waals surface area contributed by atoms with Crippen LogP contribution in [0.15, 0.2) is 0 Å². The Hall–Kier alpha value is -0.160. The van der Waals surface area contributed by atoms with E-state index in [1.807, 2.05) is 0 Å². The van der Waals surface area contributed by atoms with Crippen molar-refractivity contribution in [2.24, 2.45) is 17.8 Å². The number of piperazine rings is 1. The topological polar surface area (TPSA) is 13.0 Å². The van der Waals surface area contributed by atoms with Gasteiger partial charge in [-0.1, -0.05) is 13.3 Å². The molecule has 0 aromatic rings. The third-order valence-corrected chi connectivity index (χ3v) is 7.50. The summed E-state index contributed by atoms with van der Waals surface area (Å²) in [6.45, 7) is 15.6. The van der Waals surface area contributed by atoms with Crippen molar-refractivity contribution in [3.05, 3.63) is 0 Å². The first-order valence-electron chi connectivity index (χ1n) is 11.5. The lowest BCUT2D eigenvalue weighted by Crippen LogP contribution is -2.45. The number of rotatable bonds is 7. The Balaban J connectivity index is 1.39. The van der Waals surface area contributed by atoms with Crippen molar-refractivity contribution in [2.45, 2.75) is 45.4 Å². The average Bonchev–Trinajstić information content (AvgIpc) is 2.65. The van der Waals surface area contributed by atoms with E-state index in [1.54, 1.807) is 0 Å². The van der Waals surface area contributed by atoms with Crippen LogP contribution in [0.25, 0.3) is 0 Å². The molecule has 0 aromatic carbocycles. The fraction of sp³-hybridized carbons (Fsp3) is 1.00. The van der Waals surface area contributed by atoms with E-state index in [9.17, 15) is 0 Å². The second-order valence-electron chi connectivity index (χ2n) is 9.51. The van der Waals surface area contributed by atoms with E-state index >= 15 is 0 Å². The van der Waals surface area contributed by atoms with E-state index in [2.05, 4.69) is 40.6 Å². The number of hydrogen-bond acceptors (Lipinski definition) is 4. The highest BCUT2D eigenvalue weighted by Crippen LogP contribution is 2.31. The summed E-state index contributed by atoms with van der Waals surface area (Å²) in [7, 11) is 4.53. The van der Waals surface area contributed by atoms with Crippen LogP contribution in [-0.2, 0) is 0 Å². The van der Waals surface area contributed by atoms with Gasteiger partial charge >= 0.3 is 0 Å². The first-order valence-corrected chi connectivity index (χ1v) is 11.5. The highest BCUT2D eigenvalue weighted by atomic mass is 15.2. The molecule has 0 N–H and O–H groups in total. The summed E-state index contributed by atoms with van der Waals surface area (Å²) >= 11 is 0. The zero-order valence-electron chi connectivity index (χ0n) is 17.8. The highest BCUT2D eigenvalue weighted by molar-refractivity contribution is 4.83. The van der Waals surface area contributed by atoms with Crippen LogP contribution >= 0.6 is 0 Å². The van der Waals surface area contributed by atoms with E-state index in [4.69, 9.17) is 0 Å². The Bertz CT molecular complexity index is 386. The molecule has 3 fully saturated rings. The van der Waals surface area contributed by atoms with Gasteiger partial charge in [0, 0.05) is 39.3 Å². The van der Waals surface area contributed by atoms with Crippen LogP contribution in [0.3, 0.4) is 0 Å². The van der Waals surface area contributed by atoms with E-state index < -0.39 is 0 Å². The molecule has 0 amide bonds. The molecule has 152 valence electrons. The molecule has 3 heterocycles. The molecule has 3 saturated heterocycles. The Morgan fingerprint density at radius 1 is 0.731 bits per heavy atom. The zero-order chi connectivity index (χ0) is 18.4. The Morgan fingerprint density at radius 2 is 1.42 bits per heavy atom. The second-order valence-corrected chi connectivity index (χ2v) is 9.51. The fourth-order valence-electron chi connectivity index (χ4n) is 5.44. The number of likely N-dealkylation sites (tertiary alicyclic amines) is 2. The van der Waals surface area contributed by atoms with Crippen molar-refractivity contribution in [3.8, 4) is 0 Å². The van der Waals surface area contributed by atoms with Crippen molar-refractivity contribution in [2.75, 3.05) is 79.5 Å². The van der Waals surface area contributed by atoms with Crippen LogP contribution < -0.4 is 0 Å². The van der Waals surface area contributed by atoms with Crippen molar-refractivity contribution in [1.29, 1.82) is 0 Å². The van der Waals surface area contributed by atoms with Crippen LogP contribution in [0.4, 0.5) is 0 Å². The van der Waals surface area contributed by atoms with Crippen LogP contribution in [0.1, 0.15) is 45.4 Å². The third-order valence-electron chi connectivity index (χ3n) is 7.50. The summed E-state index contributed by atoms with van der Waals surface area (Å²) in [5.74, 6) is 2.89. The van der Waals surface area contributed by atoms with Gasteiger partial charge in [-0.05, 0) is 90.1 Å². The predicted molar refractivity (Wildman–Crippen MR) is 112 cm³/mol. The summed E-state index contributed by atoms with van der Waals surface area (Å²) in [5, 5.41) is 0. The lowest BCUT2D eigenvalue weighted by atomic mass is 9.80. The first-order chi connectivity index (χ1) is 12.6. The second kappa shape index (κ2) is 10.4. The van der Waals surface area contributed by atoms with Gasteiger partial charge < -0.3 is 19.6 Å². The molecule has 0 bridgehead atoms. The van der Waals surface area contributed by atoms with E-state index in [1.165, 1.54) is 104 Å². The molecular weight excluding hydrogens is 320 g/mol. The average molecular weight is 365 g/mol. The molecule has 4 nitrogen and oxygen atoms in total. The molecule has 2 unspecified atom stereocenters. The summed E-state index contributed by atoms with van der Waals surface area (Å²) in [4.78, 5) is 10.5. The van der Waals surface area contributed by atoms with Crippen molar-refractivity contribution in [3.63, 3.8) is 0 Å². The number of hydrogen-bond donors (Lipinski definition) is 0. The molecule has 3 rings (SSSR count). The van der Waals surface area contributed by atoms with Crippen LogP contribution in [-0.4, -0.2) is 99.1 Å². The molecule has 0 radical (unpaired) electrons. The van der Waals surface area contributed by atoms with Gasteiger partial charge in [0.05, 0.1) is 0 Å². The summed E-state index contributed by atoms with van der Waals surface area (Å²) < 4.78 is 0. The van der Waals surface area contributed by atoms with Gasteiger partial charge in [-0.15, -0.1) is 0 Å². The molecule has 0 aromatic heterocycles. The van der Waals surface area contributed by atoms with Gasteiger partial charge in [-0.25, -0.2) is 0 Å². The maximum Gasteiger partial charge on any atom is 0.0110 e. The summed E-state index contributed by atoms with van der Waals surface area (Å²) in [6.07, 6.45) is 8.53. The van der Waals surface area contributed by atoms with Gasteiger partial charge in [0.1, 0.15) is 0 Å². The van der Waals surface area contributed by atoms with Crippen LogP contribution in [0, 0.1) is 17.8 Å². The van der Waals surface area contributed by atoms with Gasteiger partial charge in [-0.3, -0.25) is 0 Å². The third kappa shape index (κ3) is 6.19. The smallest absolute Gasteiger partial charge is 0.0110 e. The van der Waals surface area contributed by atoms with Crippen LogP contribution in [0.2, 0.25) is 0 Å². The van der Waals surface area contributed by atoms with Gasteiger partial charge in [-0.2, -0.15) is 0 Å². The molecular formula is C22H44N4. The van der Waals surface area contributed by atoms with E-state index in [0.717, 1.165) is 17.8 Å². The minimum atomic E-state index is 0.951. The van der Waals surface area contributed by atoms with Gasteiger partial charge in [0.25, 0.3) is 0 Å². The number of likely N-dealkylation sites (N-methyl/N-ethyl adjacent to an activating group) is 1. The minimum absolute atomic E-state index is 0.951. The fourth-order valence-corrected chi connectivity index (χ4v) is 5.44. The SMILES string of the molecule is CCC1CCN(CC2CCN(C)CC2)CC1CCCN1CCN(C)CC1. The first kappa shape index (κ1) is 20.6. The molecule has 3 aliphatic heterocycles. The monoisotopic (exact) mass is 364 g/mol. The van der Waals surface area contributed by atoms with Gasteiger partial charge in [0.2, 0.25) is 0 Å². The quantitative estimate of drug-likeness (QED) is 0.688. The maximum atomic E-state index is 2.84. The minimum Gasteiger partial charge on any atom is -0.306 e. The number of piperidine rings is 2. The predicted octanol–water partition coefficient (Wildman–Crippen LogP) is 2.70. The molecule has 0 spiro atoms. The molecule has 3 aliphatic rings. The zero-order valence-corrected chi connectivity index (χ0v) is 17.8. The van der Waals surface area contributed by atoms with E-state index in [-0.39, 0.29) is 0 Å². The summed E-state index contributed by atoms with van der Waals surface area (Å²) in [5.41, 5.74) is 0. The Labute approximate surface area is 162 Å². The molecule has 0 aliphatic carbocycles. The maximum absolute atomic E-state index is 2.84. The molecule has 26 heavy (non-hydrogen) atoms. The molecule has 4 heteroatoms. The van der Waals surface area contributed by atoms with Gasteiger partial charge in [0.15, 0.2) is 0 Å². The largest absolute Gasteiger partial charge is 0.306 e. The lowest BCUT2D eigenvalue weighted by molar-refractivity contribution is 0.0772. The highest BCUT2D eigenvalue weighted by Gasteiger charge is 2.29. The lowest BCUT2D eigenvalue weighted by Gasteiger charge is -2.41. The van der Waals surface area contributed by atoms with Crippen molar-refractivity contribution >= 4 is 0 Å². The van der Waals surface area contributed by atoms with Crippen LogP contribution in [0.5, 0.6) is 0 Å². The molecule has 2 atom stereocenters. The number of nitrogens with zero attached hydrogens (tertiary/aromatic N) is 4. The van der Waals surface area contributed by atoms with Crippen molar-refractivity contribution in [1.82, 2.24) is 19.6 Å². The Kier molecular flexibility index (Phi) is 8.23. The Morgan fingerprint density at radius 3 is 2.12 bits per heavy atom. The normalized spacial score (nSPS) is 31.5.